The van der Waals surface area contributed by atoms with Gasteiger partial charge in [0.15, 0.2) is 0 Å². The minimum Gasteiger partial charge on any atom is -0.327 e. The molecule has 0 aromatic rings. The van der Waals surface area contributed by atoms with Gasteiger partial charge in [-0.15, -0.1) is 0 Å². The molecule has 0 heterocycles. The lowest BCUT2D eigenvalue weighted by molar-refractivity contribution is 0.330. The van der Waals surface area contributed by atoms with Crippen LogP contribution in [0.3, 0.4) is 0 Å². The van der Waals surface area contributed by atoms with Gasteiger partial charge in [0.2, 0.25) is 0 Å². The topological polar surface area (TPSA) is 83.6 Å². The fourth-order valence-electron chi connectivity index (χ4n) is 1.81. The van der Waals surface area contributed by atoms with Crippen molar-refractivity contribution in [2.24, 2.45) is 11.7 Å². The van der Waals surface area contributed by atoms with Crippen molar-refractivity contribution in [2.75, 3.05) is 0 Å². The van der Waals surface area contributed by atoms with E-state index in [1.54, 1.807) is 0 Å². The molecule has 4 nitrogen and oxygen atoms in total. The minimum absolute atomic E-state index is 0.400. The van der Waals surface area contributed by atoms with Gasteiger partial charge in [0.05, 0.1) is 5.66 Å². The lowest BCUT2D eigenvalue weighted by Gasteiger charge is -2.25. The summed E-state index contributed by atoms with van der Waals surface area (Å²) in [7, 11) is -4.03. The highest BCUT2D eigenvalue weighted by atomic mass is 31.2. The molecule has 0 amide bonds. The highest BCUT2D eigenvalue weighted by Gasteiger charge is 2.30. The average Bonchev–Trinajstić information content (AvgIpc) is 2.21. The number of hydrogen-bond donors (Lipinski definition) is 3. The molecule has 0 aromatic carbocycles. The SMILES string of the molecule is CCCCC(CC)CC(N)C(C)P(=O)(O)O. The van der Waals surface area contributed by atoms with Crippen LogP contribution >= 0.6 is 7.60 Å². The van der Waals surface area contributed by atoms with Gasteiger partial charge < -0.3 is 15.5 Å². The molecule has 0 saturated heterocycles. The van der Waals surface area contributed by atoms with E-state index >= 15 is 0 Å². The second-order valence-electron chi connectivity index (χ2n) is 4.65. The molecule has 3 unspecified atom stereocenters. The Morgan fingerprint density at radius 3 is 2.25 bits per heavy atom. The maximum absolute atomic E-state index is 11.1. The third-order valence-corrected chi connectivity index (χ3v) is 4.74. The molecule has 0 aliphatic rings. The molecule has 0 aliphatic heterocycles. The van der Waals surface area contributed by atoms with Gasteiger partial charge in [-0.1, -0.05) is 39.5 Å². The summed E-state index contributed by atoms with van der Waals surface area (Å²) in [6.07, 6.45) is 5.16. The molecule has 0 radical (unpaired) electrons. The van der Waals surface area contributed by atoms with Gasteiger partial charge in [-0.05, 0) is 19.3 Å². The highest BCUT2D eigenvalue weighted by Crippen LogP contribution is 2.43. The van der Waals surface area contributed by atoms with Crippen LogP contribution in [-0.2, 0) is 4.57 Å². The van der Waals surface area contributed by atoms with E-state index in [4.69, 9.17) is 15.5 Å². The van der Waals surface area contributed by atoms with Gasteiger partial charge in [0, 0.05) is 6.04 Å². The molecule has 0 bridgehead atoms. The number of nitrogens with two attached hydrogens (primary N) is 1. The van der Waals surface area contributed by atoms with Gasteiger partial charge in [-0.2, -0.15) is 0 Å². The van der Waals surface area contributed by atoms with Crippen molar-refractivity contribution in [3.05, 3.63) is 0 Å². The molecule has 16 heavy (non-hydrogen) atoms. The highest BCUT2D eigenvalue weighted by molar-refractivity contribution is 7.52. The van der Waals surface area contributed by atoms with E-state index in [2.05, 4.69) is 13.8 Å². The van der Waals surface area contributed by atoms with Gasteiger partial charge in [-0.25, -0.2) is 0 Å². The Balaban J connectivity index is 4.19. The summed E-state index contributed by atoms with van der Waals surface area (Å²) in [5, 5.41) is 0. The van der Waals surface area contributed by atoms with Crippen LogP contribution in [0, 0.1) is 5.92 Å². The second-order valence-corrected chi connectivity index (χ2v) is 6.64. The van der Waals surface area contributed by atoms with Crippen molar-refractivity contribution in [1.29, 1.82) is 0 Å². The van der Waals surface area contributed by atoms with Crippen molar-refractivity contribution in [1.82, 2.24) is 0 Å². The van der Waals surface area contributed by atoms with Crippen LogP contribution in [0.4, 0.5) is 0 Å². The molecule has 0 fully saturated rings. The smallest absolute Gasteiger partial charge is 0.327 e. The van der Waals surface area contributed by atoms with E-state index in [-0.39, 0.29) is 0 Å². The summed E-state index contributed by atoms with van der Waals surface area (Å²) < 4.78 is 11.1. The van der Waals surface area contributed by atoms with E-state index in [0.717, 1.165) is 25.7 Å². The predicted octanol–water partition coefficient (Wildman–Crippen LogP) is 2.49. The van der Waals surface area contributed by atoms with E-state index in [1.165, 1.54) is 6.92 Å². The third kappa shape index (κ3) is 6.00. The molecule has 4 N–H and O–H groups in total. The maximum Gasteiger partial charge on any atom is 0.329 e. The van der Waals surface area contributed by atoms with Crippen molar-refractivity contribution >= 4 is 7.60 Å². The summed E-state index contributed by atoms with van der Waals surface area (Å²) >= 11 is 0. The molecule has 0 rings (SSSR count). The first-order valence-corrected chi connectivity index (χ1v) is 7.81. The molecular weight excluding hydrogens is 225 g/mol. The fourth-order valence-corrected chi connectivity index (χ4v) is 2.43. The van der Waals surface area contributed by atoms with Crippen LogP contribution in [0.15, 0.2) is 0 Å². The van der Waals surface area contributed by atoms with E-state index < -0.39 is 19.3 Å². The first kappa shape index (κ1) is 16.1. The van der Waals surface area contributed by atoms with Crippen LogP contribution in [0.1, 0.15) is 52.9 Å². The van der Waals surface area contributed by atoms with Crippen molar-refractivity contribution in [3.63, 3.8) is 0 Å². The summed E-state index contributed by atoms with van der Waals surface area (Å²) in [4.78, 5) is 18.1. The predicted molar refractivity (Wildman–Crippen MR) is 67.4 cm³/mol. The normalized spacial score (nSPS) is 18.1. The number of hydrogen-bond acceptors (Lipinski definition) is 2. The quantitative estimate of drug-likeness (QED) is 0.579. The standard InChI is InChI=1S/C11H26NO3P/c1-4-6-7-10(5-2)8-11(12)9(3)16(13,14)15/h9-11H,4-8,12H2,1-3H3,(H2,13,14,15). The molecule has 0 spiro atoms. The van der Waals surface area contributed by atoms with Crippen LogP contribution in [-0.4, -0.2) is 21.5 Å². The molecule has 3 atom stereocenters. The second kappa shape index (κ2) is 7.44. The summed E-state index contributed by atoms with van der Waals surface area (Å²) in [6, 6.07) is -0.400. The van der Waals surface area contributed by atoms with Crippen molar-refractivity contribution < 1.29 is 14.4 Å². The summed E-state index contributed by atoms with van der Waals surface area (Å²) in [5.74, 6) is 0.490. The molecule has 5 heteroatoms. The van der Waals surface area contributed by atoms with Crippen LogP contribution in [0.2, 0.25) is 0 Å². The maximum atomic E-state index is 11.1. The number of unbranched alkanes of at least 4 members (excludes halogenated alkanes) is 1. The fraction of sp³-hybridized carbons (Fsp3) is 1.00. The van der Waals surface area contributed by atoms with Gasteiger partial charge in [0.1, 0.15) is 0 Å². The zero-order chi connectivity index (χ0) is 12.8. The zero-order valence-corrected chi connectivity index (χ0v) is 11.5. The summed E-state index contributed by atoms with van der Waals surface area (Å²) in [5.41, 5.74) is 5.13. The third-order valence-electron chi connectivity index (χ3n) is 3.30. The van der Waals surface area contributed by atoms with Crippen molar-refractivity contribution in [2.45, 2.75) is 64.6 Å². The summed E-state index contributed by atoms with van der Waals surface area (Å²) in [6.45, 7) is 5.79. The lowest BCUT2D eigenvalue weighted by Crippen LogP contribution is -2.34. The van der Waals surface area contributed by atoms with E-state index in [1.807, 2.05) is 0 Å². The zero-order valence-electron chi connectivity index (χ0n) is 10.6. The van der Waals surface area contributed by atoms with Crippen LogP contribution < -0.4 is 5.73 Å². The first-order chi connectivity index (χ1) is 7.32. The molecule has 0 aromatic heterocycles. The number of rotatable bonds is 8. The van der Waals surface area contributed by atoms with Crippen LogP contribution in [0.25, 0.3) is 0 Å². The Morgan fingerprint density at radius 2 is 1.88 bits per heavy atom. The Labute approximate surface area is 98.8 Å². The minimum atomic E-state index is -4.03. The van der Waals surface area contributed by atoms with Gasteiger partial charge >= 0.3 is 7.60 Å². The lowest BCUT2D eigenvalue weighted by atomic mass is 9.91. The molecular formula is C11H26NO3P. The monoisotopic (exact) mass is 251 g/mol. The van der Waals surface area contributed by atoms with E-state index in [0.29, 0.717) is 12.3 Å². The first-order valence-electron chi connectivity index (χ1n) is 6.13. The van der Waals surface area contributed by atoms with E-state index in [9.17, 15) is 4.57 Å². The van der Waals surface area contributed by atoms with Crippen molar-refractivity contribution in [3.8, 4) is 0 Å². The van der Waals surface area contributed by atoms with Crippen LogP contribution in [0.5, 0.6) is 0 Å². The Morgan fingerprint density at radius 1 is 1.31 bits per heavy atom. The Kier molecular flexibility index (Phi) is 7.49. The Bertz CT molecular complexity index is 229. The largest absolute Gasteiger partial charge is 0.329 e. The van der Waals surface area contributed by atoms with Gasteiger partial charge in [-0.3, -0.25) is 4.57 Å². The average molecular weight is 251 g/mol. The molecule has 98 valence electrons. The molecule has 0 aliphatic carbocycles. The van der Waals surface area contributed by atoms with Gasteiger partial charge in [0.25, 0.3) is 0 Å². The Hall–Kier alpha value is 0.110. The molecule has 0 saturated carbocycles.